The standard InChI is InChI=1S/C18H14N4O2S/c1-2-13(25-7-1)9-19-17-5-6-18-20-10-14(22(18)21-17)12-3-4-15-16(8-12)24-11-23-15/h1-8,10H,9,11H2,(H,19,21). The predicted molar refractivity (Wildman–Crippen MR) is 96.2 cm³/mol. The number of imidazole rings is 1. The highest BCUT2D eigenvalue weighted by Gasteiger charge is 2.16. The SMILES string of the molecule is c1csc(CNc2ccc3ncc(-c4ccc5c(c4)OCO5)n3n2)c1. The number of hydrogen-bond donors (Lipinski definition) is 1. The highest BCUT2D eigenvalue weighted by atomic mass is 32.1. The third-order valence-corrected chi connectivity index (χ3v) is 4.93. The molecule has 0 amide bonds. The predicted octanol–water partition coefficient (Wildman–Crippen LogP) is 3.80. The second-order valence-electron chi connectivity index (χ2n) is 5.63. The number of fused-ring (bicyclic) bond motifs is 2. The van der Waals surface area contributed by atoms with E-state index in [1.807, 2.05) is 47.1 Å². The summed E-state index contributed by atoms with van der Waals surface area (Å²) in [4.78, 5) is 5.71. The van der Waals surface area contributed by atoms with Gasteiger partial charge in [0.05, 0.1) is 18.4 Å². The van der Waals surface area contributed by atoms with E-state index in [0.29, 0.717) is 0 Å². The minimum Gasteiger partial charge on any atom is -0.454 e. The fourth-order valence-corrected chi connectivity index (χ4v) is 3.46. The molecule has 1 aliphatic rings. The van der Waals surface area contributed by atoms with Crippen molar-refractivity contribution in [2.75, 3.05) is 12.1 Å². The molecule has 124 valence electrons. The Morgan fingerprint density at radius 2 is 2.08 bits per heavy atom. The van der Waals surface area contributed by atoms with Crippen LogP contribution < -0.4 is 14.8 Å². The van der Waals surface area contributed by atoms with E-state index in [1.54, 1.807) is 11.3 Å². The van der Waals surface area contributed by atoms with E-state index in [4.69, 9.17) is 9.47 Å². The lowest BCUT2D eigenvalue weighted by molar-refractivity contribution is 0.174. The lowest BCUT2D eigenvalue weighted by Crippen LogP contribution is -2.03. The van der Waals surface area contributed by atoms with Gasteiger partial charge >= 0.3 is 0 Å². The van der Waals surface area contributed by atoms with Crippen LogP contribution in [0.25, 0.3) is 16.9 Å². The number of nitrogens with one attached hydrogen (secondary N) is 1. The van der Waals surface area contributed by atoms with Crippen molar-refractivity contribution in [1.29, 1.82) is 0 Å². The Hall–Kier alpha value is -3.06. The number of thiophene rings is 1. The topological polar surface area (TPSA) is 60.7 Å². The minimum absolute atomic E-state index is 0.265. The van der Waals surface area contributed by atoms with Crippen LogP contribution in [0, 0.1) is 0 Å². The van der Waals surface area contributed by atoms with Gasteiger partial charge in [0.15, 0.2) is 17.1 Å². The molecule has 4 aromatic rings. The number of hydrogen-bond acceptors (Lipinski definition) is 6. The molecule has 0 spiro atoms. The molecule has 7 heteroatoms. The van der Waals surface area contributed by atoms with Gasteiger partial charge in [-0.05, 0) is 41.8 Å². The van der Waals surface area contributed by atoms with Gasteiger partial charge in [-0.2, -0.15) is 0 Å². The third kappa shape index (κ3) is 2.58. The van der Waals surface area contributed by atoms with Crippen LogP contribution in [0.2, 0.25) is 0 Å². The summed E-state index contributed by atoms with van der Waals surface area (Å²) in [5.74, 6) is 2.32. The summed E-state index contributed by atoms with van der Waals surface area (Å²) >= 11 is 1.72. The van der Waals surface area contributed by atoms with Crippen LogP contribution in [0.4, 0.5) is 5.82 Å². The molecule has 0 fully saturated rings. The second-order valence-corrected chi connectivity index (χ2v) is 6.67. The fraction of sp³-hybridized carbons (Fsp3) is 0.111. The second kappa shape index (κ2) is 5.78. The molecule has 0 radical (unpaired) electrons. The molecule has 0 aliphatic carbocycles. The van der Waals surface area contributed by atoms with Gasteiger partial charge in [0.25, 0.3) is 0 Å². The van der Waals surface area contributed by atoms with Crippen molar-refractivity contribution >= 4 is 22.8 Å². The van der Waals surface area contributed by atoms with Crippen LogP contribution in [0.1, 0.15) is 4.88 Å². The first-order valence-corrected chi connectivity index (χ1v) is 8.76. The summed E-state index contributed by atoms with van der Waals surface area (Å²) in [5.41, 5.74) is 2.70. The van der Waals surface area contributed by atoms with Gasteiger partial charge in [-0.3, -0.25) is 0 Å². The lowest BCUT2D eigenvalue weighted by atomic mass is 10.1. The molecule has 0 unspecified atom stereocenters. The number of rotatable bonds is 4. The molecule has 1 aliphatic heterocycles. The molecule has 1 N–H and O–H groups in total. The molecular weight excluding hydrogens is 336 g/mol. The summed E-state index contributed by atoms with van der Waals surface area (Å²) in [6.07, 6.45) is 1.82. The van der Waals surface area contributed by atoms with E-state index in [-0.39, 0.29) is 6.79 Å². The minimum atomic E-state index is 0.265. The summed E-state index contributed by atoms with van der Waals surface area (Å²) in [7, 11) is 0. The van der Waals surface area contributed by atoms with Crippen LogP contribution >= 0.6 is 11.3 Å². The van der Waals surface area contributed by atoms with Gasteiger partial charge in [0.1, 0.15) is 5.82 Å². The van der Waals surface area contributed by atoms with Gasteiger partial charge in [-0.15, -0.1) is 16.4 Å². The molecule has 3 aromatic heterocycles. The Kier molecular flexibility index (Phi) is 3.31. The maximum Gasteiger partial charge on any atom is 0.231 e. The van der Waals surface area contributed by atoms with Crippen molar-refractivity contribution in [3.05, 3.63) is 58.9 Å². The number of benzene rings is 1. The molecule has 1 aromatic carbocycles. The lowest BCUT2D eigenvalue weighted by Gasteiger charge is -2.06. The van der Waals surface area contributed by atoms with Crippen molar-refractivity contribution in [1.82, 2.24) is 14.6 Å². The van der Waals surface area contributed by atoms with Crippen molar-refractivity contribution in [3.8, 4) is 22.8 Å². The van der Waals surface area contributed by atoms with Crippen molar-refractivity contribution < 1.29 is 9.47 Å². The van der Waals surface area contributed by atoms with Crippen LogP contribution in [0.5, 0.6) is 11.5 Å². The van der Waals surface area contributed by atoms with Crippen molar-refractivity contribution in [3.63, 3.8) is 0 Å². The molecule has 0 saturated carbocycles. The summed E-state index contributed by atoms with van der Waals surface area (Å²) < 4.78 is 12.7. The Morgan fingerprint density at radius 3 is 3.00 bits per heavy atom. The molecule has 0 bridgehead atoms. The highest BCUT2D eigenvalue weighted by Crippen LogP contribution is 2.35. The van der Waals surface area contributed by atoms with E-state index in [0.717, 1.165) is 40.8 Å². The Bertz CT molecular complexity index is 1040. The van der Waals surface area contributed by atoms with E-state index in [9.17, 15) is 0 Å². The number of aromatic nitrogens is 3. The molecule has 4 heterocycles. The first-order chi connectivity index (χ1) is 12.4. The Morgan fingerprint density at radius 1 is 1.12 bits per heavy atom. The average molecular weight is 350 g/mol. The van der Waals surface area contributed by atoms with E-state index in [2.05, 4.69) is 26.8 Å². The number of anilines is 1. The molecule has 6 nitrogen and oxygen atoms in total. The fourth-order valence-electron chi connectivity index (χ4n) is 2.81. The van der Waals surface area contributed by atoms with Crippen LogP contribution in [-0.2, 0) is 6.54 Å². The highest BCUT2D eigenvalue weighted by molar-refractivity contribution is 7.09. The maximum absolute atomic E-state index is 5.47. The van der Waals surface area contributed by atoms with Crippen LogP contribution in [0.3, 0.4) is 0 Å². The molecule has 0 saturated heterocycles. The van der Waals surface area contributed by atoms with E-state index >= 15 is 0 Å². The summed E-state index contributed by atoms with van der Waals surface area (Å²) in [5, 5.41) is 10.1. The molecule has 25 heavy (non-hydrogen) atoms. The summed E-state index contributed by atoms with van der Waals surface area (Å²) in [6.45, 7) is 1.02. The third-order valence-electron chi connectivity index (χ3n) is 4.05. The van der Waals surface area contributed by atoms with Gasteiger partial charge in [-0.25, -0.2) is 9.50 Å². The van der Waals surface area contributed by atoms with E-state index in [1.165, 1.54) is 4.88 Å². The van der Waals surface area contributed by atoms with Gasteiger partial charge in [0.2, 0.25) is 6.79 Å². The van der Waals surface area contributed by atoms with Crippen molar-refractivity contribution in [2.24, 2.45) is 0 Å². The Balaban J connectivity index is 1.49. The summed E-state index contributed by atoms with van der Waals surface area (Å²) in [6, 6.07) is 13.9. The normalized spacial score (nSPS) is 12.6. The maximum atomic E-state index is 5.47. The van der Waals surface area contributed by atoms with Crippen LogP contribution in [-0.4, -0.2) is 21.4 Å². The largest absolute Gasteiger partial charge is 0.454 e. The monoisotopic (exact) mass is 350 g/mol. The first-order valence-electron chi connectivity index (χ1n) is 7.88. The first kappa shape index (κ1) is 14.3. The molecular formula is C18H14N4O2S. The average Bonchev–Trinajstić information content (AvgIpc) is 3.38. The van der Waals surface area contributed by atoms with Gasteiger partial charge in [-0.1, -0.05) is 6.07 Å². The van der Waals surface area contributed by atoms with Gasteiger partial charge in [0, 0.05) is 10.4 Å². The van der Waals surface area contributed by atoms with Crippen LogP contribution in [0.15, 0.2) is 54.0 Å². The quantitative estimate of drug-likeness (QED) is 0.607. The zero-order valence-electron chi connectivity index (χ0n) is 13.2. The smallest absolute Gasteiger partial charge is 0.231 e. The molecule has 5 rings (SSSR count). The number of ether oxygens (including phenoxy) is 2. The number of nitrogens with zero attached hydrogens (tertiary/aromatic N) is 3. The Labute approximate surface area is 147 Å². The van der Waals surface area contributed by atoms with Crippen molar-refractivity contribution in [2.45, 2.75) is 6.54 Å². The van der Waals surface area contributed by atoms with Gasteiger partial charge < -0.3 is 14.8 Å². The zero-order chi connectivity index (χ0) is 16.6. The van der Waals surface area contributed by atoms with E-state index < -0.39 is 0 Å². The molecule has 0 atom stereocenters. The zero-order valence-corrected chi connectivity index (χ0v) is 14.0.